The second-order valence-corrected chi connectivity index (χ2v) is 5.82. The minimum Gasteiger partial charge on any atom is -0.383 e. The maximum Gasteiger partial charge on any atom is 0.246 e. The highest BCUT2D eigenvalue weighted by atomic mass is 16.3. The van der Waals surface area contributed by atoms with Crippen molar-refractivity contribution >= 4 is 5.91 Å². The van der Waals surface area contributed by atoms with E-state index in [0.29, 0.717) is 11.3 Å². The fraction of sp³-hybridized carbons (Fsp3) is 0.917. The van der Waals surface area contributed by atoms with Gasteiger partial charge in [0.1, 0.15) is 6.10 Å². The van der Waals surface area contributed by atoms with E-state index in [-0.39, 0.29) is 5.92 Å². The summed E-state index contributed by atoms with van der Waals surface area (Å²) >= 11 is 0. The topological polar surface area (TPSA) is 63.3 Å². The highest BCUT2D eigenvalue weighted by Crippen LogP contribution is 2.40. The molecule has 0 saturated heterocycles. The van der Waals surface area contributed by atoms with Crippen molar-refractivity contribution in [3.8, 4) is 0 Å². The van der Waals surface area contributed by atoms with Crippen LogP contribution >= 0.6 is 0 Å². The molecule has 1 aliphatic rings. The highest BCUT2D eigenvalue weighted by molar-refractivity contribution is 5.78. The van der Waals surface area contributed by atoms with E-state index in [0.717, 1.165) is 25.7 Å². The summed E-state index contributed by atoms with van der Waals surface area (Å²) < 4.78 is 0. The van der Waals surface area contributed by atoms with Gasteiger partial charge in [-0.2, -0.15) is 0 Å². The second-order valence-electron chi connectivity index (χ2n) is 5.82. The fourth-order valence-electron chi connectivity index (χ4n) is 2.53. The van der Waals surface area contributed by atoms with Crippen molar-refractivity contribution in [2.45, 2.75) is 52.6 Å². The van der Waals surface area contributed by atoms with Crippen LogP contribution in [0.4, 0.5) is 0 Å². The normalized spacial score (nSPS) is 29.9. The molecule has 1 atom stereocenters. The summed E-state index contributed by atoms with van der Waals surface area (Å²) in [5.74, 6) is 0.212. The van der Waals surface area contributed by atoms with Gasteiger partial charge in [-0.25, -0.2) is 0 Å². The third kappa shape index (κ3) is 3.20. The van der Waals surface area contributed by atoms with Crippen molar-refractivity contribution in [1.29, 1.82) is 0 Å². The number of hydrogen-bond acceptors (Lipinski definition) is 2. The fourth-order valence-corrected chi connectivity index (χ4v) is 2.53. The van der Waals surface area contributed by atoms with Gasteiger partial charge in [-0.05, 0) is 42.9 Å². The Morgan fingerprint density at radius 3 is 2.07 bits per heavy atom. The number of aliphatic hydroxyl groups is 1. The van der Waals surface area contributed by atoms with Gasteiger partial charge in [-0.3, -0.25) is 4.79 Å². The van der Waals surface area contributed by atoms with E-state index in [1.165, 1.54) is 0 Å². The quantitative estimate of drug-likeness (QED) is 0.733. The van der Waals surface area contributed by atoms with E-state index in [1.807, 2.05) is 0 Å². The van der Waals surface area contributed by atoms with E-state index in [4.69, 9.17) is 5.73 Å². The maximum absolute atomic E-state index is 10.8. The van der Waals surface area contributed by atoms with Crippen molar-refractivity contribution in [3.63, 3.8) is 0 Å². The molecule has 1 fully saturated rings. The lowest BCUT2D eigenvalue weighted by atomic mass is 9.69. The third-order valence-electron chi connectivity index (χ3n) is 3.73. The summed E-state index contributed by atoms with van der Waals surface area (Å²) in [7, 11) is 0. The summed E-state index contributed by atoms with van der Waals surface area (Å²) in [6.07, 6.45) is 3.10. The van der Waals surface area contributed by atoms with E-state index in [1.54, 1.807) is 0 Å². The molecule has 0 aliphatic heterocycles. The predicted octanol–water partition coefficient (Wildman–Crippen LogP) is 1.69. The monoisotopic (exact) mass is 213 g/mol. The molecule has 0 aromatic carbocycles. The first-order chi connectivity index (χ1) is 6.82. The van der Waals surface area contributed by atoms with Gasteiger partial charge in [0.05, 0.1) is 0 Å². The molecule has 88 valence electrons. The molecule has 1 rings (SSSR count). The average Bonchev–Trinajstić information content (AvgIpc) is 2.15. The number of rotatable bonds is 2. The first kappa shape index (κ1) is 12.5. The Balaban J connectivity index is 2.46. The molecule has 0 bridgehead atoms. The number of nitrogens with two attached hydrogens (primary N) is 1. The van der Waals surface area contributed by atoms with Crippen LogP contribution < -0.4 is 5.73 Å². The largest absolute Gasteiger partial charge is 0.383 e. The number of carbonyl (C=O) groups excluding carboxylic acids is 1. The zero-order chi connectivity index (χ0) is 11.6. The molecule has 15 heavy (non-hydrogen) atoms. The van der Waals surface area contributed by atoms with Crippen LogP contribution in [0.15, 0.2) is 0 Å². The molecule has 1 aliphatic carbocycles. The lowest BCUT2D eigenvalue weighted by Crippen LogP contribution is -2.38. The van der Waals surface area contributed by atoms with Crippen LogP contribution in [0.1, 0.15) is 46.5 Å². The van der Waals surface area contributed by atoms with Crippen LogP contribution in [0.3, 0.4) is 0 Å². The maximum atomic E-state index is 10.8. The number of amides is 1. The van der Waals surface area contributed by atoms with Gasteiger partial charge in [0.15, 0.2) is 0 Å². The highest BCUT2D eigenvalue weighted by Gasteiger charge is 2.33. The minimum absolute atomic E-state index is 0.0844. The second kappa shape index (κ2) is 4.52. The first-order valence-corrected chi connectivity index (χ1v) is 5.79. The van der Waals surface area contributed by atoms with Gasteiger partial charge in [-0.1, -0.05) is 20.8 Å². The molecule has 0 spiro atoms. The summed E-state index contributed by atoms with van der Waals surface area (Å²) in [6.45, 7) is 6.76. The van der Waals surface area contributed by atoms with E-state index in [2.05, 4.69) is 20.8 Å². The summed E-state index contributed by atoms with van der Waals surface area (Å²) in [4.78, 5) is 10.8. The zero-order valence-corrected chi connectivity index (χ0v) is 9.99. The zero-order valence-electron chi connectivity index (χ0n) is 9.99. The van der Waals surface area contributed by atoms with Crippen molar-refractivity contribution in [1.82, 2.24) is 0 Å². The molecular weight excluding hydrogens is 190 g/mol. The number of carbonyl (C=O) groups is 1. The lowest BCUT2D eigenvalue weighted by Gasteiger charge is -2.37. The standard InChI is InChI=1S/C12H23NO2/c1-12(2,3)9-6-4-8(5-7-9)10(14)11(13)15/h8-10,14H,4-7H2,1-3H3,(H2,13,15). The van der Waals surface area contributed by atoms with Crippen LogP contribution in [-0.4, -0.2) is 17.1 Å². The molecule has 0 aromatic rings. The molecule has 1 saturated carbocycles. The SMILES string of the molecule is CC(C)(C)C1CCC(C(O)C(N)=O)CC1. The molecule has 3 N–H and O–H groups in total. The summed E-state index contributed by atoms with van der Waals surface area (Å²) in [6, 6.07) is 0. The Hall–Kier alpha value is -0.570. The molecule has 3 heteroatoms. The molecule has 0 heterocycles. The predicted molar refractivity (Wildman–Crippen MR) is 60.1 cm³/mol. The van der Waals surface area contributed by atoms with E-state index < -0.39 is 12.0 Å². The first-order valence-electron chi connectivity index (χ1n) is 5.79. The average molecular weight is 213 g/mol. The minimum atomic E-state index is -0.939. The Kier molecular flexibility index (Phi) is 3.77. The lowest BCUT2D eigenvalue weighted by molar-refractivity contribution is -0.129. The van der Waals surface area contributed by atoms with Crippen LogP contribution in [-0.2, 0) is 4.79 Å². The third-order valence-corrected chi connectivity index (χ3v) is 3.73. The Bertz CT molecular complexity index is 224. The Morgan fingerprint density at radius 2 is 1.73 bits per heavy atom. The van der Waals surface area contributed by atoms with Gasteiger partial charge in [0, 0.05) is 0 Å². The van der Waals surface area contributed by atoms with Crippen LogP contribution in [0, 0.1) is 17.3 Å². The van der Waals surface area contributed by atoms with Gasteiger partial charge in [-0.15, -0.1) is 0 Å². The Morgan fingerprint density at radius 1 is 1.27 bits per heavy atom. The van der Waals surface area contributed by atoms with Crippen molar-refractivity contribution < 1.29 is 9.90 Å². The van der Waals surface area contributed by atoms with E-state index >= 15 is 0 Å². The smallest absolute Gasteiger partial charge is 0.246 e. The van der Waals surface area contributed by atoms with Gasteiger partial charge >= 0.3 is 0 Å². The van der Waals surface area contributed by atoms with Crippen LogP contribution in [0.5, 0.6) is 0 Å². The molecule has 0 aromatic heterocycles. The molecule has 1 amide bonds. The van der Waals surface area contributed by atoms with Crippen molar-refractivity contribution in [2.75, 3.05) is 0 Å². The molecule has 0 radical (unpaired) electrons. The van der Waals surface area contributed by atoms with Gasteiger partial charge < -0.3 is 10.8 Å². The number of primary amides is 1. The number of aliphatic hydroxyl groups excluding tert-OH is 1. The molecule has 1 unspecified atom stereocenters. The van der Waals surface area contributed by atoms with Gasteiger partial charge in [0.25, 0.3) is 0 Å². The number of hydrogen-bond donors (Lipinski definition) is 2. The van der Waals surface area contributed by atoms with Crippen LogP contribution in [0.2, 0.25) is 0 Å². The Labute approximate surface area is 92.0 Å². The van der Waals surface area contributed by atoms with Crippen molar-refractivity contribution in [2.24, 2.45) is 23.0 Å². The summed E-state index contributed by atoms with van der Waals surface area (Å²) in [5, 5.41) is 9.57. The summed E-state index contributed by atoms with van der Waals surface area (Å²) in [5.41, 5.74) is 5.43. The van der Waals surface area contributed by atoms with Gasteiger partial charge in [0.2, 0.25) is 5.91 Å². The molecule has 3 nitrogen and oxygen atoms in total. The van der Waals surface area contributed by atoms with Crippen molar-refractivity contribution in [3.05, 3.63) is 0 Å². The molecular formula is C12H23NO2. The van der Waals surface area contributed by atoms with Crippen LogP contribution in [0.25, 0.3) is 0 Å². The van der Waals surface area contributed by atoms with E-state index in [9.17, 15) is 9.90 Å².